The Bertz CT molecular complexity index is 644. The topological polar surface area (TPSA) is 62.2 Å². The molecule has 0 aliphatic carbocycles. The molecule has 0 radical (unpaired) electrons. The zero-order valence-electron chi connectivity index (χ0n) is 10.7. The van der Waals surface area contributed by atoms with Crippen molar-refractivity contribution in [1.82, 2.24) is 4.98 Å². The third-order valence-electron chi connectivity index (χ3n) is 2.78. The Kier molecular flexibility index (Phi) is 4.62. The van der Waals surface area contributed by atoms with E-state index in [-0.39, 0.29) is 5.56 Å². The Hall–Kier alpha value is -1.59. The van der Waals surface area contributed by atoms with Crippen LogP contribution in [-0.2, 0) is 6.54 Å². The van der Waals surface area contributed by atoms with Crippen LogP contribution < -0.4 is 5.32 Å². The van der Waals surface area contributed by atoms with Gasteiger partial charge in [-0.15, -0.1) is 0 Å². The molecule has 1 heterocycles. The summed E-state index contributed by atoms with van der Waals surface area (Å²) in [4.78, 5) is 14.8. The second-order valence-electron chi connectivity index (χ2n) is 4.28. The maximum absolute atomic E-state index is 10.7. The van der Waals surface area contributed by atoms with Gasteiger partial charge in [0.05, 0.1) is 23.5 Å². The predicted molar refractivity (Wildman–Crippen MR) is 82.4 cm³/mol. The first kappa shape index (κ1) is 14.8. The number of nitrogens with zero attached hydrogens (tertiary/aromatic N) is 1. The molecule has 2 rings (SSSR count). The van der Waals surface area contributed by atoms with Crippen molar-refractivity contribution < 1.29 is 9.90 Å². The van der Waals surface area contributed by atoms with Gasteiger partial charge in [-0.2, -0.15) is 0 Å². The van der Waals surface area contributed by atoms with Crippen molar-refractivity contribution in [1.29, 1.82) is 0 Å². The van der Waals surface area contributed by atoms with Crippen LogP contribution in [0.3, 0.4) is 0 Å². The van der Waals surface area contributed by atoms with E-state index >= 15 is 0 Å². The van der Waals surface area contributed by atoms with Crippen molar-refractivity contribution in [2.45, 2.75) is 13.5 Å². The van der Waals surface area contributed by atoms with Crippen molar-refractivity contribution >= 4 is 39.2 Å². The fourth-order valence-electron chi connectivity index (χ4n) is 1.62. The first-order valence-corrected chi connectivity index (χ1v) is 7.02. The number of aromatic nitrogens is 1. The summed E-state index contributed by atoms with van der Waals surface area (Å²) in [6.45, 7) is 2.42. The first-order chi connectivity index (χ1) is 9.47. The van der Waals surface area contributed by atoms with Crippen LogP contribution in [0.4, 0.5) is 5.69 Å². The van der Waals surface area contributed by atoms with Gasteiger partial charge in [0.2, 0.25) is 0 Å². The van der Waals surface area contributed by atoms with Crippen LogP contribution in [0, 0.1) is 6.92 Å². The summed E-state index contributed by atoms with van der Waals surface area (Å²) in [7, 11) is 0. The number of aryl methyl sites for hydroxylation is 1. The van der Waals surface area contributed by atoms with Gasteiger partial charge in [-0.05, 0) is 52.7 Å². The quantitative estimate of drug-likeness (QED) is 0.866. The molecule has 104 valence electrons. The Morgan fingerprint density at radius 3 is 2.80 bits per heavy atom. The number of halogens is 2. The molecular formula is C14H12BrClN2O2. The van der Waals surface area contributed by atoms with Crippen molar-refractivity contribution in [3.63, 3.8) is 0 Å². The summed E-state index contributed by atoms with van der Waals surface area (Å²) in [5.41, 5.74) is 2.78. The predicted octanol–water partition coefficient (Wildman–Crippen LogP) is 4.12. The molecule has 0 saturated heterocycles. The van der Waals surface area contributed by atoms with Gasteiger partial charge in [0, 0.05) is 15.7 Å². The maximum atomic E-state index is 10.7. The Balaban J connectivity index is 2.09. The van der Waals surface area contributed by atoms with Gasteiger partial charge in [0.15, 0.2) is 0 Å². The van der Waals surface area contributed by atoms with Crippen molar-refractivity contribution in [3.05, 3.63) is 56.8 Å². The summed E-state index contributed by atoms with van der Waals surface area (Å²) in [5, 5.41) is 12.7. The van der Waals surface area contributed by atoms with E-state index in [9.17, 15) is 4.79 Å². The van der Waals surface area contributed by atoms with Gasteiger partial charge in [0.25, 0.3) is 0 Å². The lowest BCUT2D eigenvalue weighted by Crippen LogP contribution is -2.04. The monoisotopic (exact) mass is 354 g/mol. The molecular weight excluding hydrogens is 344 g/mol. The normalized spacial score (nSPS) is 10.3. The lowest BCUT2D eigenvalue weighted by atomic mass is 10.2. The molecule has 0 atom stereocenters. The van der Waals surface area contributed by atoms with E-state index in [2.05, 4.69) is 26.2 Å². The fourth-order valence-corrected chi connectivity index (χ4v) is 2.38. The molecule has 0 bridgehead atoms. The molecule has 0 fully saturated rings. The van der Waals surface area contributed by atoms with E-state index in [0.717, 1.165) is 21.4 Å². The minimum Gasteiger partial charge on any atom is -0.478 e. The number of hydrogen-bond acceptors (Lipinski definition) is 3. The summed E-state index contributed by atoms with van der Waals surface area (Å²) < 4.78 is 0.918. The molecule has 0 spiro atoms. The second kappa shape index (κ2) is 6.24. The van der Waals surface area contributed by atoms with Crippen LogP contribution in [0.1, 0.15) is 21.6 Å². The number of hydrogen-bond donors (Lipinski definition) is 2. The van der Waals surface area contributed by atoms with Gasteiger partial charge in [-0.25, -0.2) is 4.79 Å². The smallest absolute Gasteiger partial charge is 0.337 e. The maximum Gasteiger partial charge on any atom is 0.337 e. The van der Waals surface area contributed by atoms with Gasteiger partial charge in [0.1, 0.15) is 0 Å². The second-order valence-corrected chi connectivity index (χ2v) is 5.54. The van der Waals surface area contributed by atoms with Gasteiger partial charge in [-0.3, -0.25) is 4.98 Å². The lowest BCUT2D eigenvalue weighted by molar-refractivity contribution is 0.0696. The number of carboxylic acid groups (broad SMARTS) is 1. The van der Waals surface area contributed by atoms with Crippen LogP contribution in [0.25, 0.3) is 0 Å². The van der Waals surface area contributed by atoms with E-state index in [1.165, 1.54) is 12.3 Å². The van der Waals surface area contributed by atoms with E-state index < -0.39 is 5.97 Å². The zero-order valence-corrected chi connectivity index (χ0v) is 13.0. The number of rotatable bonds is 4. The average molecular weight is 356 g/mol. The third kappa shape index (κ3) is 3.49. The van der Waals surface area contributed by atoms with Crippen LogP contribution in [-0.4, -0.2) is 16.1 Å². The summed E-state index contributed by atoms with van der Waals surface area (Å²) in [6.07, 6.45) is 1.34. The highest BCUT2D eigenvalue weighted by Crippen LogP contribution is 2.29. The standard InChI is InChI=1S/C14H12BrClN2O2/c1-8-4-11(15)13(5-12(8)16)18-7-10-3-2-9(6-17-10)14(19)20/h2-6,18H,7H2,1H3,(H,19,20). The van der Waals surface area contributed by atoms with Gasteiger partial charge in [-0.1, -0.05) is 11.6 Å². The lowest BCUT2D eigenvalue weighted by Gasteiger charge is -2.10. The number of nitrogens with one attached hydrogen (secondary N) is 1. The molecule has 2 N–H and O–H groups in total. The number of anilines is 1. The largest absolute Gasteiger partial charge is 0.478 e. The Morgan fingerprint density at radius 2 is 2.20 bits per heavy atom. The highest BCUT2D eigenvalue weighted by molar-refractivity contribution is 9.10. The zero-order chi connectivity index (χ0) is 14.7. The minimum absolute atomic E-state index is 0.174. The molecule has 2 aromatic rings. The minimum atomic E-state index is -0.981. The number of carboxylic acids is 1. The Morgan fingerprint density at radius 1 is 1.45 bits per heavy atom. The fraction of sp³-hybridized carbons (Fsp3) is 0.143. The highest BCUT2D eigenvalue weighted by atomic mass is 79.9. The van der Waals surface area contributed by atoms with Gasteiger partial charge >= 0.3 is 5.97 Å². The number of pyridine rings is 1. The number of aromatic carboxylic acids is 1. The SMILES string of the molecule is Cc1cc(Br)c(NCc2ccc(C(=O)O)cn2)cc1Cl. The summed E-state index contributed by atoms with van der Waals surface area (Å²) in [6, 6.07) is 6.99. The van der Waals surface area contributed by atoms with Crippen LogP contribution in [0.15, 0.2) is 34.9 Å². The molecule has 0 unspecified atom stereocenters. The summed E-state index contributed by atoms with van der Waals surface area (Å²) in [5.74, 6) is -0.981. The molecule has 0 amide bonds. The van der Waals surface area contributed by atoms with E-state index in [1.54, 1.807) is 6.07 Å². The van der Waals surface area contributed by atoms with Crippen molar-refractivity contribution in [2.24, 2.45) is 0 Å². The van der Waals surface area contributed by atoms with E-state index in [0.29, 0.717) is 11.6 Å². The molecule has 0 saturated carbocycles. The van der Waals surface area contributed by atoms with Crippen LogP contribution in [0.5, 0.6) is 0 Å². The molecule has 6 heteroatoms. The van der Waals surface area contributed by atoms with Crippen LogP contribution in [0.2, 0.25) is 5.02 Å². The Labute approximate surface area is 129 Å². The third-order valence-corrected chi connectivity index (χ3v) is 3.84. The molecule has 0 aliphatic rings. The average Bonchev–Trinajstić information content (AvgIpc) is 2.42. The van der Waals surface area contributed by atoms with Crippen molar-refractivity contribution in [3.8, 4) is 0 Å². The number of carbonyl (C=O) groups is 1. The molecule has 1 aromatic carbocycles. The highest BCUT2D eigenvalue weighted by Gasteiger charge is 2.06. The summed E-state index contributed by atoms with van der Waals surface area (Å²) >= 11 is 9.55. The molecule has 20 heavy (non-hydrogen) atoms. The number of benzene rings is 1. The molecule has 4 nitrogen and oxygen atoms in total. The van der Waals surface area contributed by atoms with Crippen LogP contribution >= 0.6 is 27.5 Å². The first-order valence-electron chi connectivity index (χ1n) is 5.85. The van der Waals surface area contributed by atoms with Gasteiger partial charge < -0.3 is 10.4 Å². The molecule has 0 aliphatic heterocycles. The van der Waals surface area contributed by atoms with Crippen molar-refractivity contribution in [2.75, 3.05) is 5.32 Å². The molecule has 1 aromatic heterocycles. The van der Waals surface area contributed by atoms with E-state index in [4.69, 9.17) is 16.7 Å². The van der Waals surface area contributed by atoms with E-state index in [1.807, 2.05) is 19.1 Å².